The van der Waals surface area contributed by atoms with Gasteiger partial charge in [0, 0.05) is 25.7 Å². The quantitative estimate of drug-likeness (QED) is 0.927. The molecule has 1 aliphatic heterocycles. The van der Waals surface area contributed by atoms with Gasteiger partial charge in [-0.05, 0) is 29.5 Å². The Morgan fingerprint density at radius 3 is 2.47 bits per heavy atom. The van der Waals surface area contributed by atoms with Crippen LogP contribution < -0.4 is 10.5 Å². The molecule has 0 spiro atoms. The number of hydrogen-bond donors (Lipinski definition) is 1. The molecule has 1 heterocycles. The monoisotopic (exact) mass is 284 g/mol. The zero-order valence-corrected chi connectivity index (χ0v) is 12.9. The van der Waals surface area contributed by atoms with Gasteiger partial charge in [0.2, 0.25) is 0 Å². The van der Waals surface area contributed by atoms with Gasteiger partial charge in [0.05, 0.1) is 7.11 Å². The maximum atomic E-state index is 6.16. The first kappa shape index (κ1) is 16.3. The Morgan fingerprint density at radius 1 is 1.32 bits per heavy atom. The van der Waals surface area contributed by atoms with E-state index in [9.17, 15) is 0 Å². The van der Waals surface area contributed by atoms with Crippen LogP contribution in [0.2, 0.25) is 0 Å². The Bertz CT molecular complexity index is 392. The van der Waals surface area contributed by atoms with E-state index in [1.807, 2.05) is 12.1 Å². The number of benzene rings is 1. The molecule has 1 unspecified atom stereocenters. The second kappa shape index (κ2) is 6.60. The summed E-state index contributed by atoms with van der Waals surface area (Å²) in [6, 6.07) is 8.65. The summed E-state index contributed by atoms with van der Waals surface area (Å²) < 4.78 is 5.18. The maximum Gasteiger partial charge on any atom is 0.118 e. The van der Waals surface area contributed by atoms with Gasteiger partial charge in [-0.25, -0.2) is 0 Å². The Kier molecular flexibility index (Phi) is 5.65. The predicted molar refractivity (Wildman–Crippen MR) is 81.9 cm³/mol. The molecular formula is C15H25ClN2O. The van der Waals surface area contributed by atoms with E-state index in [1.54, 1.807) is 7.11 Å². The molecule has 1 saturated heterocycles. The summed E-state index contributed by atoms with van der Waals surface area (Å²) in [6.07, 6.45) is 1.09. The number of methoxy groups -OCH3 is 1. The first-order valence-corrected chi connectivity index (χ1v) is 6.62. The summed E-state index contributed by atoms with van der Waals surface area (Å²) >= 11 is 0. The lowest BCUT2D eigenvalue weighted by molar-refractivity contribution is 0.0899. The zero-order valence-electron chi connectivity index (χ0n) is 12.1. The Labute approximate surface area is 122 Å². The molecular weight excluding hydrogens is 260 g/mol. The van der Waals surface area contributed by atoms with Crippen LogP contribution in [0.25, 0.3) is 0 Å². The largest absolute Gasteiger partial charge is 0.497 e. The average molecular weight is 285 g/mol. The van der Waals surface area contributed by atoms with Crippen molar-refractivity contribution in [2.75, 3.05) is 20.2 Å². The fraction of sp³-hybridized carbons (Fsp3) is 0.600. The zero-order chi connectivity index (χ0) is 13.2. The smallest absolute Gasteiger partial charge is 0.118 e. The number of ether oxygens (including phenoxy) is 1. The molecule has 1 aromatic rings. The fourth-order valence-electron chi connectivity index (χ4n) is 2.61. The molecule has 0 bridgehead atoms. The van der Waals surface area contributed by atoms with Gasteiger partial charge >= 0.3 is 0 Å². The highest BCUT2D eigenvalue weighted by Crippen LogP contribution is 2.28. The van der Waals surface area contributed by atoms with Crippen LogP contribution in [0.5, 0.6) is 5.75 Å². The third-order valence-electron chi connectivity index (χ3n) is 3.96. The Hall–Kier alpha value is -0.770. The van der Waals surface area contributed by atoms with Crippen LogP contribution >= 0.6 is 12.4 Å². The minimum atomic E-state index is 0. The minimum absolute atomic E-state index is 0. The lowest BCUT2D eigenvalue weighted by atomic mass is 9.79. The van der Waals surface area contributed by atoms with E-state index >= 15 is 0 Å². The number of nitrogens with two attached hydrogens (primary N) is 1. The van der Waals surface area contributed by atoms with Crippen LogP contribution in [0.1, 0.15) is 25.8 Å². The van der Waals surface area contributed by atoms with Crippen LogP contribution in [0.15, 0.2) is 24.3 Å². The number of piperidine rings is 1. The highest BCUT2D eigenvalue weighted by Gasteiger charge is 2.33. The van der Waals surface area contributed by atoms with Crippen molar-refractivity contribution in [2.24, 2.45) is 11.1 Å². The minimum Gasteiger partial charge on any atom is -0.497 e. The first-order chi connectivity index (χ1) is 8.51. The van der Waals surface area contributed by atoms with Crippen LogP contribution in [0.4, 0.5) is 0 Å². The summed E-state index contributed by atoms with van der Waals surface area (Å²) in [7, 11) is 1.70. The topological polar surface area (TPSA) is 38.5 Å². The van der Waals surface area contributed by atoms with Crippen molar-refractivity contribution in [1.29, 1.82) is 0 Å². The van der Waals surface area contributed by atoms with Gasteiger partial charge in [-0.3, -0.25) is 4.90 Å². The van der Waals surface area contributed by atoms with Crippen LogP contribution in [-0.2, 0) is 6.54 Å². The first-order valence-electron chi connectivity index (χ1n) is 6.62. The van der Waals surface area contributed by atoms with Crippen molar-refractivity contribution in [3.8, 4) is 5.75 Å². The van der Waals surface area contributed by atoms with Crippen molar-refractivity contribution in [2.45, 2.75) is 32.9 Å². The molecule has 0 radical (unpaired) electrons. The molecule has 2 rings (SSSR count). The van der Waals surface area contributed by atoms with E-state index in [1.165, 1.54) is 5.56 Å². The summed E-state index contributed by atoms with van der Waals surface area (Å²) in [4.78, 5) is 2.49. The van der Waals surface area contributed by atoms with E-state index < -0.39 is 0 Å². The Morgan fingerprint density at radius 2 is 1.95 bits per heavy atom. The lowest BCUT2D eigenvalue weighted by Gasteiger charge is -2.42. The van der Waals surface area contributed by atoms with Crippen molar-refractivity contribution in [3.05, 3.63) is 29.8 Å². The molecule has 0 amide bonds. The third kappa shape index (κ3) is 4.10. The summed E-state index contributed by atoms with van der Waals surface area (Å²) in [5, 5.41) is 0. The van der Waals surface area contributed by atoms with Crippen LogP contribution in [0, 0.1) is 5.41 Å². The van der Waals surface area contributed by atoms with Crippen molar-refractivity contribution < 1.29 is 4.74 Å². The molecule has 1 fully saturated rings. The van der Waals surface area contributed by atoms with Crippen molar-refractivity contribution in [1.82, 2.24) is 4.90 Å². The molecule has 0 aromatic heterocycles. The number of likely N-dealkylation sites (tertiary alicyclic amines) is 1. The van der Waals surface area contributed by atoms with Gasteiger partial charge in [0.25, 0.3) is 0 Å². The van der Waals surface area contributed by atoms with E-state index in [4.69, 9.17) is 10.5 Å². The van der Waals surface area contributed by atoms with Gasteiger partial charge in [0.1, 0.15) is 5.75 Å². The molecule has 2 N–H and O–H groups in total. The Balaban J connectivity index is 0.00000180. The van der Waals surface area contributed by atoms with Crippen LogP contribution in [0.3, 0.4) is 0 Å². The highest BCUT2D eigenvalue weighted by molar-refractivity contribution is 5.85. The van der Waals surface area contributed by atoms with E-state index in [2.05, 4.69) is 30.9 Å². The second-order valence-electron chi connectivity index (χ2n) is 5.94. The van der Waals surface area contributed by atoms with E-state index in [-0.39, 0.29) is 17.8 Å². The number of halogens is 1. The lowest BCUT2D eigenvalue weighted by Crippen LogP contribution is -2.52. The molecule has 108 valence electrons. The van der Waals surface area contributed by atoms with Gasteiger partial charge < -0.3 is 10.5 Å². The average Bonchev–Trinajstić information content (AvgIpc) is 2.34. The number of nitrogens with zero attached hydrogens (tertiary/aromatic N) is 1. The van der Waals surface area contributed by atoms with Crippen molar-refractivity contribution in [3.63, 3.8) is 0 Å². The molecule has 3 nitrogen and oxygen atoms in total. The van der Waals surface area contributed by atoms with Gasteiger partial charge in [-0.2, -0.15) is 0 Å². The van der Waals surface area contributed by atoms with Crippen molar-refractivity contribution >= 4 is 12.4 Å². The predicted octanol–water partition coefficient (Wildman–Crippen LogP) is 2.68. The number of hydrogen-bond acceptors (Lipinski definition) is 3. The third-order valence-corrected chi connectivity index (χ3v) is 3.96. The van der Waals surface area contributed by atoms with Crippen LogP contribution in [-0.4, -0.2) is 31.1 Å². The highest BCUT2D eigenvalue weighted by atomic mass is 35.5. The molecule has 19 heavy (non-hydrogen) atoms. The second-order valence-corrected chi connectivity index (χ2v) is 5.94. The summed E-state index contributed by atoms with van der Waals surface area (Å²) in [6.45, 7) is 7.69. The molecule has 1 aliphatic rings. The standard InChI is InChI=1S/C15H24N2O.ClH/c1-15(2)11-17(9-8-14(15)16)10-12-4-6-13(18-3)7-5-12;/h4-7,14H,8-11,16H2,1-3H3;1H. The molecule has 0 aliphatic carbocycles. The molecule has 1 aromatic carbocycles. The van der Waals surface area contributed by atoms with Gasteiger partial charge in [-0.1, -0.05) is 26.0 Å². The maximum absolute atomic E-state index is 6.16. The SMILES string of the molecule is COc1ccc(CN2CCC(N)C(C)(C)C2)cc1.Cl. The van der Waals surface area contributed by atoms with Gasteiger partial charge in [-0.15, -0.1) is 12.4 Å². The molecule has 0 saturated carbocycles. The normalized spacial score (nSPS) is 22.6. The fourth-order valence-corrected chi connectivity index (χ4v) is 2.61. The molecule has 4 heteroatoms. The van der Waals surface area contributed by atoms with Gasteiger partial charge in [0.15, 0.2) is 0 Å². The molecule has 1 atom stereocenters. The summed E-state index contributed by atoms with van der Waals surface area (Å²) in [5.41, 5.74) is 7.71. The number of rotatable bonds is 3. The summed E-state index contributed by atoms with van der Waals surface area (Å²) in [5.74, 6) is 0.916. The van der Waals surface area contributed by atoms with E-state index in [0.717, 1.165) is 31.8 Å². The van der Waals surface area contributed by atoms with E-state index in [0.29, 0.717) is 6.04 Å².